The second kappa shape index (κ2) is 8.98. The van der Waals surface area contributed by atoms with E-state index in [1.165, 1.54) is 0 Å². The Morgan fingerprint density at radius 1 is 1.14 bits per heavy atom. The molecule has 128 valence electrons. The Balaban J connectivity index is 2.71. The minimum atomic E-state index is -1.22. The molecule has 1 saturated carbocycles. The highest BCUT2D eigenvalue weighted by Gasteiger charge is 2.31. The third-order valence-corrected chi connectivity index (χ3v) is 4.34. The number of hydrazine groups is 1. The van der Waals surface area contributed by atoms with Crippen molar-refractivity contribution in [3.05, 3.63) is 0 Å². The molecule has 0 spiro atoms. The number of nitrogens with one attached hydrogen (secondary N) is 1. The summed E-state index contributed by atoms with van der Waals surface area (Å²) in [7, 11) is 0. The van der Waals surface area contributed by atoms with Gasteiger partial charge < -0.3 is 10.2 Å². The van der Waals surface area contributed by atoms with Gasteiger partial charge in [-0.25, -0.2) is 9.80 Å². The summed E-state index contributed by atoms with van der Waals surface area (Å²) < 4.78 is 0. The maximum absolute atomic E-state index is 12.3. The number of carbonyl (C=O) groups excluding carboxylic acids is 1. The third-order valence-electron chi connectivity index (χ3n) is 4.34. The molecule has 3 N–H and O–H groups in total. The van der Waals surface area contributed by atoms with Crippen molar-refractivity contribution in [2.75, 3.05) is 0 Å². The van der Waals surface area contributed by atoms with Gasteiger partial charge >= 0.3 is 6.09 Å². The summed E-state index contributed by atoms with van der Waals surface area (Å²) >= 11 is 0. The van der Waals surface area contributed by atoms with Gasteiger partial charge in [0.05, 0.1) is 12.1 Å². The molecule has 22 heavy (non-hydrogen) atoms. The van der Waals surface area contributed by atoms with E-state index in [-0.39, 0.29) is 11.8 Å². The smallest absolute Gasteiger partial charge is 0.426 e. The van der Waals surface area contributed by atoms with E-state index in [1.54, 1.807) is 6.92 Å². The molecule has 1 fully saturated rings. The number of aliphatic hydroxyl groups excluding tert-OH is 1. The van der Waals surface area contributed by atoms with E-state index in [9.17, 15) is 19.8 Å². The fourth-order valence-electron chi connectivity index (χ4n) is 2.94. The summed E-state index contributed by atoms with van der Waals surface area (Å²) in [5, 5.41) is 20.2. The predicted molar refractivity (Wildman–Crippen MR) is 84.1 cm³/mol. The number of carboxylic acid groups (broad SMARTS) is 1. The van der Waals surface area contributed by atoms with Crippen LogP contribution in [0.1, 0.15) is 65.7 Å². The molecule has 2 amide bonds. The fourth-order valence-corrected chi connectivity index (χ4v) is 2.94. The molecule has 1 rings (SSSR count). The van der Waals surface area contributed by atoms with Gasteiger partial charge in [-0.1, -0.05) is 33.1 Å². The summed E-state index contributed by atoms with van der Waals surface area (Å²) in [4.78, 5) is 23.8. The van der Waals surface area contributed by atoms with Crippen molar-refractivity contribution < 1.29 is 19.8 Å². The first-order valence-corrected chi connectivity index (χ1v) is 8.33. The maximum atomic E-state index is 12.3. The molecule has 0 aliphatic heterocycles. The van der Waals surface area contributed by atoms with Crippen LogP contribution in [0.3, 0.4) is 0 Å². The predicted octanol–water partition coefficient (Wildman–Crippen LogP) is 2.76. The van der Waals surface area contributed by atoms with Gasteiger partial charge in [-0.05, 0) is 38.5 Å². The summed E-state index contributed by atoms with van der Waals surface area (Å²) in [6.07, 6.45) is 4.04. The average Bonchev–Trinajstić information content (AvgIpc) is 2.46. The third kappa shape index (κ3) is 5.83. The molecule has 6 heteroatoms. The quantitative estimate of drug-likeness (QED) is 0.658. The van der Waals surface area contributed by atoms with E-state index in [2.05, 4.69) is 5.43 Å². The molecule has 2 unspecified atom stereocenters. The highest BCUT2D eigenvalue weighted by Crippen LogP contribution is 2.24. The summed E-state index contributed by atoms with van der Waals surface area (Å²) in [5.41, 5.74) is 2.53. The minimum Gasteiger partial charge on any atom is -0.464 e. The van der Waals surface area contributed by atoms with Gasteiger partial charge in [-0.2, -0.15) is 0 Å². The van der Waals surface area contributed by atoms with Crippen LogP contribution in [0.2, 0.25) is 0 Å². The van der Waals surface area contributed by atoms with Gasteiger partial charge in [0.1, 0.15) is 0 Å². The zero-order valence-electron chi connectivity index (χ0n) is 13.9. The standard InChI is InChI=1S/C16H30N2O4/c1-11(2)9-10-14(12(3)19)18(16(21)22)17-15(20)13-7-5-4-6-8-13/h11-14,19H,4-10H2,1-3H3,(H,17,20)(H,21,22). The van der Waals surface area contributed by atoms with Crippen molar-refractivity contribution in [3.63, 3.8) is 0 Å². The van der Waals surface area contributed by atoms with E-state index >= 15 is 0 Å². The Morgan fingerprint density at radius 2 is 1.73 bits per heavy atom. The van der Waals surface area contributed by atoms with Gasteiger partial charge in [0, 0.05) is 5.92 Å². The number of nitrogens with zero attached hydrogens (tertiary/aromatic N) is 1. The lowest BCUT2D eigenvalue weighted by Gasteiger charge is -2.33. The zero-order valence-corrected chi connectivity index (χ0v) is 13.9. The summed E-state index contributed by atoms with van der Waals surface area (Å²) in [6, 6.07) is -0.618. The maximum Gasteiger partial charge on any atom is 0.426 e. The molecule has 6 nitrogen and oxygen atoms in total. The lowest BCUT2D eigenvalue weighted by atomic mass is 9.89. The molecule has 2 atom stereocenters. The van der Waals surface area contributed by atoms with Gasteiger partial charge in [0.15, 0.2) is 0 Å². The second-order valence-electron chi connectivity index (χ2n) is 6.74. The Labute approximate surface area is 132 Å². The first kappa shape index (κ1) is 18.7. The van der Waals surface area contributed by atoms with E-state index in [0.29, 0.717) is 12.3 Å². The summed E-state index contributed by atoms with van der Waals surface area (Å²) in [6.45, 7) is 5.66. The Hall–Kier alpha value is -1.30. The Kier molecular flexibility index (Phi) is 7.65. The van der Waals surface area contributed by atoms with Crippen LogP contribution >= 0.6 is 0 Å². The summed E-state index contributed by atoms with van der Waals surface area (Å²) in [5.74, 6) is 0.0542. The number of hydrogen-bond donors (Lipinski definition) is 3. The van der Waals surface area contributed by atoms with Gasteiger partial charge in [0.25, 0.3) is 0 Å². The molecule has 1 aliphatic carbocycles. The Morgan fingerprint density at radius 3 is 2.18 bits per heavy atom. The normalized spacial score (nSPS) is 18.8. The van der Waals surface area contributed by atoms with Crippen LogP contribution in [0.15, 0.2) is 0 Å². The fraction of sp³-hybridized carbons (Fsp3) is 0.875. The van der Waals surface area contributed by atoms with E-state index in [1.807, 2.05) is 13.8 Å². The van der Waals surface area contributed by atoms with Crippen molar-refractivity contribution >= 4 is 12.0 Å². The van der Waals surface area contributed by atoms with Crippen LogP contribution in [-0.2, 0) is 4.79 Å². The van der Waals surface area contributed by atoms with E-state index in [4.69, 9.17) is 0 Å². The molecule has 0 saturated heterocycles. The highest BCUT2D eigenvalue weighted by molar-refractivity contribution is 5.81. The lowest BCUT2D eigenvalue weighted by molar-refractivity contribution is -0.132. The number of rotatable bonds is 6. The molecule has 0 heterocycles. The van der Waals surface area contributed by atoms with Crippen LogP contribution in [0.25, 0.3) is 0 Å². The molecular formula is C16H30N2O4. The number of aliphatic hydroxyl groups is 1. The molecule has 0 aromatic rings. The van der Waals surface area contributed by atoms with Crippen molar-refractivity contribution in [1.82, 2.24) is 10.4 Å². The second-order valence-corrected chi connectivity index (χ2v) is 6.74. The first-order valence-electron chi connectivity index (χ1n) is 8.33. The average molecular weight is 314 g/mol. The van der Waals surface area contributed by atoms with Crippen molar-refractivity contribution in [1.29, 1.82) is 0 Å². The molecule has 0 radical (unpaired) electrons. The van der Waals surface area contributed by atoms with Crippen LogP contribution in [0.4, 0.5) is 4.79 Å². The molecule has 0 bridgehead atoms. The van der Waals surface area contributed by atoms with Crippen molar-refractivity contribution in [2.45, 2.75) is 77.9 Å². The van der Waals surface area contributed by atoms with Gasteiger partial charge in [0.2, 0.25) is 5.91 Å². The number of hydrogen-bond acceptors (Lipinski definition) is 3. The van der Waals surface area contributed by atoms with Gasteiger partial charge in [-0.3, -0.25) is 10.2 Å². The topological polar surface area (TPSA) is 89.9 Å². The van der Waals surface area contributed by atoms with Crippen molar-refractivity contribution in [3.8, 4) is 0 Å². The number of amides is 2. The molecular weight excluding hydrogens is 284 g/mol. The largest absolute Gasteiger partial charge is 0.464 e. The molecule has 0 aromatic carbocycles. The molecule has 1 aliphatic rings. The zero-order chi connectivity index (χ0) is 16.7. The van der Waals surface area contributed by atoms with Crippen LogP contribution in [0.5, 0.6) is 0 Å². The van der Waals surface area contributed by atoms with E-state index < -0.39 is 18.2 Å². The molecule has 0 aromatic heterocycles. The lowest BCUT2D eigenvalue weighted by Crippen LogP contribution is -2.56. The van der Waals surface area contributed by atoms with Crippen molar-refractivity contribution in [2.24, 2.45) is 11.8 Å². The van der Waals surface area contributed by atoms with E-state index in [0.717, 1.165) is 43.5 Å². The minimum absolute atomic E-state index is 0.115. The SMILES string of the molecule is CC(C)CCC(C(C)O)N(NC(=O)C1CCCCC1)C(=O)O. The van der Waals surface area contributed by atoms with Gasteiger partial charge in [-0.15, -0.1) is 0 Å². The Bertz CT molecular complexity index is 365. The van der Waals surface area contributed by atoms with Crippen LogP contribution in [0, 0.1) is 11.8 Å². The first-order chi connectivity index (χ1) is 10.3. The van der Waals surface area contributed by atoms with Crippen LogP contribution in [-0.4, -0.2) is 39.4 Å². The van der Waals surface area contributed by atoms with Crippen LogP contribution < -0.4 is 5.43 Å². The number of carbonyl (C=O) groups is 2. The monoisotopic (exact) mass is 314 g/mol. The highest BCUT2D eigenvalue weighted by atomic mass is 16.4.